The number of carbonyl (C=O) groups is 1. The maximum absolute atomic E-state index is 14.3. The second-order valence-corrected chi connectivity index (χ2v) is 18.6. The monoisotopic (exact) mass is 715 g/mol. The van der Waals surface area contributed by atoms with Crippen LogP contribution in [-0.2, 0) is 38.5 Å². The van der Waals surface area contributed by atoms with Crippen LogP contribution in [0.25, 0.3) is 0 Å². The first kappa shape index (κ1) is 37.2. The predicted octanol–water partition coefficient (Wildman–Crippen LogP) is 7.12. The minimum Gasteiger partial charge on any atom is -0.445 e. The Morgan fingerprint density at radius 2 is 0.981 bits per heavy atom. The molecule has 7 nitrogen and oxygen atoms in total. The van der Waals surface area contributed by atoms with Crippen molar-refractivity contribution in [3.63, 3.8) is 0 Å². The zero-order valence-electron chi connectivity index (χ0n) is 30.2. The third-order valence-corrected chi connectivity index (χ3v) is 14.9. The molecule has 1 fully saturated rings. The van der Waals surface area contributed by atoms with Crippen molar-refractivity contribution in [1.29, 1.82) is 0 Å². The normalized spacial score (nSPS) is 19.0. The number of hydrogen-bond donors (Lipinski definition) is 1. The highest BCUT2D eigenvalue weighted by Crippen LogP contribution is 2.39. The predicted molar refractivity (Wildman–Crippen MR) is 207 cm³/mol. The van der Waals surface area contributed by atoms with Crippen molar-refractivity contribution in [1.82, 2.24) is 4.90 Å². The van der Waals surface area contributed by atoms with E-state index in [1.807, 2.05) is 103 Å². The van der Waals surface area contributed by atoms with Crippen molar-refractivity contribution < 1.29 is 28.5 Å². The maximum Gasteiger partial charge on any atom is 0.410 e. The fourth-order valence-electron chi connectivity index (χ4n) is 7.35. The van der Waals surface area contributed by atoms with Gasteiger partial charge < -0.3 is 23.7 Å². The zero-order valence-corrected chi connectivity index (χ0v) is 31.2. The summed E-state index contributed by atoms with van der Waals surface area (Å²) in [5, 5.41) is 13.0. The lowest BCUT2D eigenvalue weighted by atomic mass is 10.1. The van der Waals surface area contributed by atoms with Crippen LogP contribution < -0.4 is 10.4 Å². The topological polar surface area (TPSA) is 77.5 Å². The van der Waals surface area contributed by atoms with Gasteiger partial charge in [0.05, 0.1) is 38.5 Å². The quantitative estimate of drug-likeness (QED) is 0.124. The van der Waals surface area contributed by atoms with E-state index in [9.17, 15) is 9.90 Å². The van der Waals surface area contributed by atoms with Crippen LogP contribution in [0.5, 0.6) is 0 Å². The lowest BCUT2D eigenvalue weighted by Gasteiger charge is -2.44. The molecule has 0 spiro atoms. The Hall–Kier alpha value is -4.57. The van der Waals surface area contributed by atoms with Gasteiger partial charge in [-0.3, -0.25) is 4.90 Å². The van der Waals surface area contributed by atoms with Gasteiger partial charge in [0.25, 0.3) is 8.32 Å². The van der Waals surface area contributed by atoms with Crippen LogP contribution in [0.2, 0.25) is 5.04 Å². The SMILES string of the molecule is CC(C)(C)[Si](OC[C@@H]1[C@@H](OCc2ccccc2)[C@H](OCc2ccccc2)[C@@H](CO)N1C(=O)OCc1ccccc1)(c1ccccc1)c1ccccc1. The molecule has 0 aliphatic carbocycles. The maximum atomic E-state index is 14.3. The van der Waals surface area contributed by atoms with Crippen LogP contribution >= 0.6 is 0 Å². The number of amides is 1. The molecule has 1 heterocycles. The summed E-state index contributed by atoms with van der Waals surface area (Å²) in [5.41, 5.74) is 2.83. The molecule has 0 saturated carbocycles. The number of carbonyl (C=O) groups excluding carboxylic acids is 1. The van der Waals surface area contributed by atoms with Gasteiger partial charge in [0.1, 0.15) is 18.8 Å². The number of aliphatic hydroxyl groups excluding tert-OH is 1. The molecule has 52 heavy (non-hydrogen) atoms. The van der Waals surface area contributed by atoms with E-state index in [1.54, 1.807) is 4.90 Å². The molecule has 4 atom stereocenters. The highest BCUT2D eigenvalue weighted by molar-refractivity contribution is 6.99. The first-order valence-corrected chi connectivity index (χ1v) is 19.9. The molecule has 5 aromatic rings. The lowest BCUT2D eigenvalue weighted by Crippen LogP contribution is -2.67. The first-order chi connectivity index (χ1) is 25.3. The highest BCUT2D eigenvalue weighted by atomic mass is 28.4. The molecule has 1 aliphatic heterocycles. The summed E-state index contributed by atoms with van der Waals surface area (Å²) in [7, 11) is -3.03. The van der Waals surface area contributed by atoms with Gasteiger partial charge in [-0.2, -0.15) is 0 Å². The third kappa shape index (κ3) is 8.38. The fraction of sp³-hybridized carbons (Fsp3) is 0.295. The lowest BCUT2D eigenvalue weighted by molar-refractivity contribution is -0.0851. The molecular weight excluding hydrogens is 667 g/mol. The number of likely N-dealkylation sites (tertiary alicyclic amines) is 1. The van der Waals surface area contributed by atoms with Gasteiger partial charge in [-0.15, -0.1) is 0 Å². The van der Waals surface area contributed by atoms with Gasteiger partial charge in [-0.1, -0.05) is 172 Å². The Morgan fingerprint density at radius 3 is 1.38 bits per heavy atom. The summed E-state index contributed by atoms with van der Waals surface area (Å²) in [6, 6.07) is 48.9. The molecule has 1 amide bonds. The van der Waals surface area contributed by atoms with Gasteiger partial charge in [-0.25, -0.2) is 4.79 Å². The van der Waals surface area contributed by atoms with E-state index < -0.39 is 38.7 Å². The Morgan fingerprint density at radius 1 is 0.596 bits per heavy atom. The molecule has 5 aromatic carbocycles. The van der Waals surface area contributed by atoms with Crippen molar-refractivity contribution >= 4 is 24.8 Å². The van der Waals surface area contributed by atoms with Crippen molar-refractivity contribution in [2.45, 2.75) is 69.9 Å². The first-order valence-electron chi connectivity index (χ1n) is 18.0. The number of hydrogen-bond acceptors (Lipinski definition) is 6. The fourth-order valence-corrected chi connectivity index (χ4v) is 11.9. The smallest absolute Gasteiger partial charge is 0.410 e. The number of rotatable bonds is 14. The van der Waals surface area contributed by atoms with Crippen molar-refractivity contribution in [3.8, 4) is 0 Å². The van der Waals surface area contributed by atoms with Gasteiger partial charge >= 0.3 is 6.09 Å². The largest absolute Gasteiger partial charge is 0.445 e. The molecule has 0 bridgehead atoms. The summed E-state index contributed by atoms with van der Waals surface area (Å²) < 4.78 is 26.9. The van der Waals surface area contributed by atoms with Crippen LogP contribution in [0.15, 0.2) is 152 Å². The molecule has 6 rings (SSSR count). The summed E-state index contributed by atoms with van der Waals surface area (Å²) >= 11 is 0. The van der Waals surface area contributed by atoms with Gasteiger partial charge in [0.2, 0.25) is 0 Å². The molecule has 1 N–H and O–H groups in total. The molecule has 0 unspecified atom stereocenters. The molecular formula is C44H49NO6Si. The van der Waals surface area contributed by atoms with Gasteiger partial charge in [-0.05, 0) is 32.1 Å². The summed E-state index contributed by atoms with van der Waals surface area (Å²) in [6.45, 7) is 7.12. The van der Waals surface area contributed by atoms with Crippen molar-refractivity contribution in [2.24, 2.45) is 0 Å². The second kappa shape index (κ2) is 17.3. The van der Waals surface area contributed by atoms with Gasteiger partial charge in [0.15, 0.2) is 0 Å². The van der Waals surface area contributed by atoms with Crippen molar-refractivity contribution in [2.75, 3.05) is 13.2 Å². The van der Waals surface area contributed by atoms with E-state index >= 15 is 0 Å². The molecule has 1 saturated heterocycles. The van der Waals surface area contributed by atoms with Crippen LogP contribution in [0.3, 0.4) is 0 Å². The summed E-state index contributed by atoms with van der Waals surface area (Å²) in [4.78, 5) is 16.0. The molecule has 0 radical (unpaired) electrons. The molecule has 8 heteroatoms. The van der Waals surface area contributed by atoms with E-state index in [1.165, 1.54) is 0 Å². The average molecular weight is 716 g/mol. The Kier molecular flexibility index (Phi) is 12.4. The molecule has 0 aromatic heterocycles. The van der Waals surface area contributed by atoms with E-state index in [2.05, 4.69) is 69.3 Å². The number of ether oxygens (including phenoxy) is 3. The van der Waals surface area contributed by atoms with Crippen LogP contribution in [-0.4, -0.2) is 61.9 Å². The number of nitrogens with zero attached hydrogens (tertiary/aromatic N) is 1. The minimum absolute atomic E-state index is 0.0850. The van der Waals surface area contributed by atoms with E-state index in [4.69, 9.17) is 18.6 Å². The summed E-state index contributed by atoms with van der Waals surface area (Å²) in [5.74, 6) is 0. The number of aliphatic hydroxyl groups is 1. The Balaban J connectivity index is 1.41. The molecule has 1 aliphatic rings. The third-order valence-electron chi connectivity index (χ3n) is 9.86. The van der Waals surface area contributed by atoms with E-state index in [0.29, 0.717) is 0 Å². The standard InChI is InChI=1S/C44H49NO6Si/c1-44(2,3)52(37-25-15-7-16-26-37,38-27-17-8-18-28-38)51-33-40-42(49-31-35-21-11-5-12-22-35)41(48-30-34-19-9-4-10-20-34)39(29-46)45(40)43(47)50-32-36-23-13-6-14-24-36/h4-28,39-42,46H,29-33H2,1-3H3/t39-,40-,41-,42-/m1/s1. The average Bonchev–Trinajstić information content (AvgIpc) is 3.49. The zero-order chi connectivity index (χ0) is 36.4. The summed E-state index contributed by atoms with van der Waals surface area (Å²) in [6.07, 6.45) is -1.88. The highest BCUT2D eigenvalue weighted by Gasteiger charge is 2.56. The van der Waals surface area contributed by atoms with Crippen molar-refractivity contribution in [3.05, 3.63) is 168 Å². The van der Waals surface area contributed by atoms with Gasteiger partial charge in [0, 0.05) is 0 Å². The van der Waals surface area contributed by atoms with E-state index in [-0.39, 0.29) is 38.1 Å². The van der Waals surface area contributed by atoms with Crippen LogP contribution in [0.1, 0.15) is 37.5 Å². The minimum atomic E-state index is -3.03. The Labute approximate surface area is 308 Å². The van der Waals surface area contributed by atoms with Crippen LogP contribution in [0.4, 0.5) is 4.79 Å². The second-order valence-electron chi connectivity index (χ2n) is 14.3. The molecule has 270 valence electrons. The number of benzene rings is 5. The van der Waals surface area contributed by atoms with Crippen LogP contribution in [0, 0.1) is 0 Å². The Bertz CT molecular complexity index is 1770. The van der Waals surface area contributed by atoms with E-state index in [0.717, 1.165) is 27.1 Å².